The van der Waals surface area contributed by atoms with Crippen LogP contribution in [0.1, 0.15) is 10.4 Å². The summed E-state index contributed by atoms with van der Waals surface area (Å²) in [6.07, 6.45) is -0.645. The first-order valence-corrected chi connectivity index (χ1v) is 6.85. The summed E-state index contributed by atoms with van der Waals surface area (Å²) >= 11 is 5.71. The molecule has 6 nitrogen and oxygen atoms in total. The van der Waals surface area contributed by atoms with Crippen LogP contribution < -0.4 is 0 Å². The molecule has 0 radical (unpaired) electrons. The van der Waals surface area contributed by atoms with E-state index in [-0.39, 0.29) is 28.6 Å². The second kappa shape index (κ2) is 4.51. The molecule has 1 fully saturated rings. The van der Waals surface area contributed by atoms with Crippen molar-refractivity contribution in [2.75, 3.05) is 13.1 Å². The van der Waals surface area contributed by atoms with Gasteiger partial charge in [-0.15, -0.1) is 0 Å². The Bertz CT molecular complexity index is 594. The van der Waals surface area contributed by atoms with E-state index in [0.717, 1.165) is 16.4 Å². The van der Waals surface area contributed by atoms with E-state index in [1.54, 1.807) is 0 Å². The fourth-order valence-electron chi connectivity index (χ4n) is 1.59. The first-order valence-electron chi connectivity index (χ1n) is 5.03. The highest BCUT2D eigenvalue weighted by Gasteiger charge is 2.35. The van der Waals surface area contributed by atoms with Crippen molar-refractivity contribution in [3.63, 3.8) is 0 Å². The summed E-state index contributed by atoms with van der Waals surface area (Å²) < 4.78 is 25.1. The lowest BCUT2D eigenvalue weighted by molar-refractivity contribution is 0.0548. The van der Waals surface area contributed by atoms with Crippen LogP contribution in [0.25, 0.3) is 0 Å². The molecule has 0 amide bonds. The number of β-amino-alcohol motifs (C(OH)–C–C–N with tert-alkyl or cyclic N) is 1. The molecule has 2 N–H and O–H groups in total. The van der Waals surface area contributed by atoms with Crippen LogP contribution in [-0.2, 0) is 10.0 Å². The van der Waals surface area contributed by atoms with Gasteiger partial charge in [-0.2, -0.15) is 4.31 Å². The van der Waals surface area contributed by atoms with Crippen molar-refractivity contribution in [1.29, 1.82) is 0 Å². The van der Waals surface area contributed by atoms with Crippen molar-refractivity contribution >= 4 is 27.6 Å². The molecule has 8 heteroatoms. The lowest BCUT2D eigenvalue weighted by atomic mass is 10.2. The van der Waals surface area contributed by atoms with Gasteiger partial charge in [-0.25, -0.2) is 13.2 Å². The number of aliphatic hydroxyl groups excluding tert-OH is 1. The molecule has 0 aliphatic carbocycles. The Kier molecular flexibility index (Phi) is 3.33. The number of carboxylic acid groups (broad SMARTS) is 1. The van der Waals surface area contributed by atoms with Crippen molar-refractivity contribution in [3.05, 3.63) is 28.8 Å². The molecule has 1 aliphatic heterocycles. The fourth-order valence-corrected chi connectivity index (χ4v) is 3.46. The van der Waals surface area contributed by atoms with Crippen LogP contribution in [0.15, 0.2) is 23.1 Å². The molecule has 0 unspecified atom stereocenters. The highest BCUT2D eigenvalue weighted by Crippen LogP contribution is 2.25. The summed E-state index contributed by atoms with van der Waals surface area (Å²) in [7, 11) is -3.70. The Morgan fingerprint density at radius 1 is 1.39 bits per heavy atom. The normalized spacial score (nSPS) is 17.4. The number of benzene rings is 1. The van der Waals surface area contributed by atoms with Crippen LogP contribution in [0.5, 0.6) is 0 Å². The summed E-state index contributed by atoms with van der Waals surface area (Å²) in [5, 5.41) is 17.7. The van der Waals surface area contributed by atoms with Gasteiger partial charge in [0.2, 0.25) is 10.0 Å². The molecule has 1 saturated heterocycles. The topological polar surface area (TPSA) is 94.9 Å². The Hall–Kier alpha value is -1.15. The molecule has 1 aromatic carbocycles. The van der Waals surface area contributed by atoms with Gasteiger partial charge in [-0.05, 0) is 18.2 Å². The third-order valence-electron chi connectivity index (χ3n) is 2.64. The molecular weight excluding hydrogens is 282 g/mol. The van der Waals surface area contributed by atoms with Gasteiger partial charge in [0, 0.05) is 13.1 Å². The maximum atomic E-state index is 12.0. The number of nitrogens with zero attached hydrogens (tertiary/aromatic N) is 1. The van der Waals surface area contributed by atoms with Crippen molar-refractivity contribution in [1.82, 2.24) is 4.31 Å². The second-order valence-corrected chi connectivity index (χ2v) is 6.27. The number of hydrogen-bond acceptors (Lipinski definition) is 4. The minimum absolute atomic E-state index is 0.0423. The third-order valence-corrected chi connectivity index (χ3v) is 4.78. The molecule has 98 valence electrons. The molecule has 1 heterocycles. The van der Waals surface area contributed by atoms with Crippen LogP contribution in [0.4, 0.5) is 0 Å². The zero-order valence-corrected chi connectivity index (χ0v) is 10.6. The Labute approximate surface area is 108 Å². The van der Waals surface area contributed by atoms with E-state index in [4.69, 9.17) is 21.8 Å². The maximum Gasteiger partial charge on any atom is 0.337 e. The number of halogens is 1. The van der Waals surface area contributed by atoms with Gasteiger partial charge in [0.05, 0.1) is 21.6 Å². The zero-order valence-electron chi connectivity index (χ0n) is 9.08. The van der Waals surface area contributed by atoms with Crippen molar-refractivity contribution in [2.24, 2.45) is 0 Å². The van der Waals surface area contributed by atoms with Crippen LogP contribution in [-0.4, -0.2) is 48.1 Å². The summed E-state index contributed by atoms with van der Waals surface area (Å²) in [5.74, 6) is -1.22. The van der Waals surface area contributed by atoms with Crippen LogP contribution in [0.2, 0.25) is 5.02 Å². The summed E-state index contributed by atoms with van der Waals surface area (Å²) in [6, 6.07) is 3.44. The highest BCUT2D eigenvalue weighted by molar-refractivity contribution is 7.89. The minimum atomic E-state index is -3.70. The van der Waals surface area contributed by atoms with Crippen LogP contribution >= 0.6 is 11.6 Å². The minimum Gasteiger partial charge on any atom is -0.478 e. The molecule has 0 bridgehead atoms. The maximum absolute atomic E-state index is 12.0. The number of sulfonamides is 1. The standard InChI is InChI=1S/C10H10ClNO5S/c11-9-3-7(1-2-8(9)10(14)15)18(16,17)12-4-6(13)5-12/h1-3,6,13H,4-5H2,(H,14,15). The average molecular weight is 292 g/mol. The molecule has 2 rings (SSSR count). The Balaban J connectivity index is 2.35. The number of aromatic carboxylic acids is 1. The molecule has 1 aromatic rings. The van der Waals surface area contributed by atoms with Gasteiger partial charge in [-0.1, -0.05) is 11.6 Å². The number of rotatable bonds is 3. The first kappa shape index (κ1) is 13.3. The van der Waals surface area contributed by atoms with Gasteiger partial charge in [0.1, 0.15) is 0 Å². The average Bonchev–Trinajstić information content (AvgIpc) is 2.24. The third kappa shape index (κ3) is 2.22. The quantitative estimate of drug-likeness (QED) is 0.841. The lowest BCUT2D eigenvalue weighted by Crippen LogP contribution is -2.53. The molecular formula is C10H10ClNO5S. The Morgan fingerprint density at radius 3 is 2.44 bits per heavy atom. The van der Waals surface area contributed by atoms with Gasteiger partial charge < -0.3 is 10.2 Å². The SMILES string of the molecule is O=C(O)c1ccc(S(=O)(=O)N2CC(O)C2)cc1Cl. The number of carboxylic acids is 1. The smallest absolute Gasteiger partial charge is 0.337 e. The fraction of sp³-hybridized carbons (Fsp3) is 0.300. The van der Waals surface area contributed by atoms with E-state index in [1.807, 2.05) is 0 Å². The molecule has 1 aliphatic rings. The zero-order chi connectivity index (χ0) is 13.5. The number of hydrogen-bond donors (Lipinski definition) is 2. The van der Waals surface area contributed by atoms with Gasteiger partial charge in [0.25, 0.3) is 0 Å². The molecule has 0 spiro atoms. The van der Waals surface area contributed by atoms with Crippen molar-refractivity contribution < 1.29 is 23.4 Å². The van der Waals surface area contributed by atoms with E-state index in [9.17, 15) is 13.2 Å². The summed E-state index contributed by atoms with van der Waals surface area (Å²) in [6.45, 7) is 0.0846. The van der Waals surface area contributed by atoms with Gasteiger partial charge >= 0.3 is 5.97 Å². The first-order chi connectivity index (χ1) is 8.32. The van der Waals surface area contributed by atoms with E-state index in [2.05, 4.69) is 0 Å². The predicted molar refractivity (Wildman–Crippen MR) is 63.2 cm³/mol. The monoisotopic (exact) mass is 291 g/mol. The Morgan fingerprint density at radius 2 is 2.00 bits per heavy atom. The molecule has 18 heavy (non-hydrogen) atoms. The lowest BCUT2D eigenvalue weighted by Gasteiger charge is -2.34. The van der Waals surface area contributed by atoms with Crippen LogP contribution in [0.3, 0.4) is 0 Å². The van der Waals surface area contributed by atoms with Crippen molar-refractivity contribution in [3.8, 4) is 0 Å². The number of carbonyl (C=O) groups is 1. The van der Waals surface area contributed by atoms with E-state index < -0.39 is 22.1 Å². The summed E-state index contributed by atoms with van der Waals surface area (Å²) in [4.78, 5) is 10.7. The van der Waals surface area contributed by atoms with E-state index >= 15 is 0 Å². The molecule has 0 saturated carbocycles. The van der Waals surface area contributed by atoms with E-state index in [0.29, 0.717) is 0 Å². The summed E-state index contributed by atoms with van der Waals surface area (Å²) in [5.41, 5.74) is -0.153. The predicted octanol–water partition coefficient (Wildman–Crippen LogP) is 0.403. The molecule has 0 aromatic heterocycles. The molecule has 0 atom stereocenters. The highest BCUT2D eigenvalue weighted by atomic mass is 35.5. The van der Waals surface area contributed by atoms with Crippen LogP contribution in [0, 0.1) is 0 Å². The second-order valence-electron chi connectivity index (χ2n) is 3.92. The number of aliphatic hydroxyl groups is 1. The van der Waals surface area contributed by atoms with Gasteiger partial charge in [-0.3, -0.25) is 0 Å². The van der Waals surface area contributed by atoms with Crippen molar-refractivity contribution in [2.45, 2.75) is 11.0 Å². The van der Waals surface area contributed by atoms with E-state index in [1.165, 1.54) is 6.07 Å². The largest absolute Gasteiger partial charge is 0.478 e. The van der Waals surface area contributed by atoms with Gasteiger partial charge in [0.15, 0.2) is 0 Å².